The number of carboxylic acids is 1. The molecule has 0 spiro atoms. The van der Waals surface area contributed by atoms with E-state index in [1.54, 1.807) is 12.1 Å². The SMILES string of the molecule is N#Cc1cc(CI)cc(Oc2c(Br)ccc(CC(=O)O)c2F)c1. The van der Waals surface area contributed by atoms with Crippen LogP contribution in [0, 0.1) is 17.1 Å². The number of alkyl halides is 1. The van der Waals surface area contributed by atoms with E-state index < -0.39 is 18.2 Å². The quantitative estimate of drug-likeness (QED) is 0.483. The maximum Gasteiger partial charge on any atom is 0.307 e. The van der Waals surface area contributed by atoms with Gasteiger partial charge in [-0.1, -0.05) is 28.7 Å². The Labute approximate surface area is 154 Å². The number of nitrogens with zero attached hydrogens (tertiary/aromatic N) is 1. The standard InChI is InChI=1S/C16H10BrFINO3/c17-13-2-1-11(6-14(21)22)15(18)16(13)23-12-4-9(7-19)3-10(5-12)8-20/h1-5H,6-7H2,(H,21,22). The topological polar surface area (TPSA) is 70.3 Å². The number of carboxylic acid groups (broad SMARTS) is 1. The maximum absolute atomic E-state index is 14.5. The van der Waals surface area contributed by atoms with Gasteiger partial charge in [0.25, 0.3) is 0 Å². The van der Waals surface area contributed by atoms with Crippen LogP contribution >= 0.6 is 38.5 Å². The molecule has 0 unspecified atom stereocenters. The summed E-state index contributed by atoms with van der Waals surface area (Å²) in [6.45, 7) is 0. The van der Waals surface area contributed by atoms with Crippen molar-refractivity contribution in [2.24, 2.45) is 0 Å². The Morgan fingerprint density at radius 3 is 2.74 bits per heavy atom. The van der Waals surface area contributed by atoms with Crippen LogP contribution in [0.25, 0.3) is 0 Å². The fraction of sp³-hybridized carbons (Fsp3) is 0.125. The molecule has 0 fully saturated rings. The van der Waals surface area contributed by atoms with Crippen LogP contribution in [0.1, 0.15) is 16.7 Å². The molecule has 0 aliphatic heterocycles. The van der Waals surface area contributed by atoms with E-state index in [1.807, 2.05) is 6.07 Å². The Balaban J connectivity index is 2.44. The lowest BCUT2D eigenvalue weighted by Gasteiger charge is -2.12. The molecule has 0 amide bonds. The first-order chi connectivity index (χ1) is 10.9. The van der Waals surface area contributed by atoms with E-state index in [0.29, 0.717) is 20.2 Å². The van der Waals surface area contributed by atoms with Crippen LogP contribution in [0.5, 0.6) is 11.5 Å². The molecule has 2 aromatic rings. The molecule has 0 atom stereocenters. The highest BCUT2D eigenvalue weighted by Crippen LogP contribution is 2.35. The summed E-state index contributed by atoms with van der Waals surface area (Å²) >= 11 is 5.35. The summed E-state index contributed by atoms with van der Waals surface area (Å²) in [6.07, 6.45) is -0.438. The third kappa shape index (κ3) is 4.42. The first kappa shape index (κ1) is 17.7. The number of benzene rings is 2. The third-order valence-corrected chi connectivity index (χ3v) is 4.45. The normalized spacial score (nSPS) is 10.2. The molecule has 0 heterocycles. The number of ether oxygens (including phenoxy) is 1. The predicted octanol–water partition coefficient (Wildman–Crippen LogP) is 4.81. The molecule has 118 valence electrons. The number of rotatable bonds is 5. The fourth-order valence-electron chi connectivity index (χ4n) is 1.95. The minimum Gasteiger partial charge on any atom is -0.481 e. The average molecular weight is 490 g/mol. The Morgan fingerprint density at radius 2 is 2.13 bits per heavy atom. The molecule has 1 N–H and O–H groups in total. The molecule has 2 aromatic carbocycles. The first-order valence-corrected chi connectivity index (χ1v) is 8.73. The van der Waals surface area contributed by atoms with Gasteiger partial charge in [-0.3, -0.25) is 4.79 Å². The van der Waals surface area contributed by atoms with Gasteiger partial charge < -0.3 is 9.84 Å². The number of nitriles is 1. The molecule has 4 nitrogen and oxygen atoms in total. The van der Waals surface area contributed by atoms with Gasteiger partial charge in [0, 0.05) is 9.99 Å². The van der Waals surface area contributed by atoms with Gasteiger partial charge in [0.15, 0.2) is 11.6 Å². The summed E-state index contributed by atoms with van der Waals surface area (Å²) < 4.78 is 21.1. The second kappa shape index (κ2) is 7.75. The molecule has 0 saturated heterocycles. The zero-order valence-electron chi connectivity index (χ0n) is 11.6. The van der Waals surface area contributed by atoms with Crippen molar-refractivity contribution in [3.05, 3.63) is 57.3 Å². The van der Waals surface area contributed by atoms with Crippen molar-refractivity contribution < 1.29 is 19.0 Å². The molecular formula is C16H10BrFINO3. The molecular weight excluding hydrogens is 480 g/mol. The van der Waals surface area contributed by atoms with Gasteiger partial charge >= 0.3 is 5.97 Å². The summed E-state index contributed by atoms with van der Waals surface area (Å²) in [7, 11) is 0. The van der Waals surface area contributed by atoms with Crippen LogP contribution in [-0.4, -0.2) is 11.1 Å². The summed E-state index contributed by atoms with van der Waals surface area (Å²) in [5, 5.41) is 17.9. The number of hydrogen-bond donors (Lipinski definition) is 1. The van der Waals surface area contributed by atoms with Crippen molar-refractivity contribution in [1.82, 2.24) is 0 Å². The van der Waals surface area contributed by atoms with Crippen molar-refractivity contribution in [3.8, 4) is 17.6 Å². The highest BCUT2D eigenvalue weighted by atomic mass is 127. The van der Waals surface area contributed by atoms with Gasteiger partial charge in [-0.05, 0) is 45.8 Å². The van der Waals surface area contributed by atoms with E-state index in [2.05, 4.69) is 38.5 Å². The van der Waals surface area contributed by atoms with Crippen molar-refractivity contribution >= 4 is 44.5 Å². The first-order valence-electron chi connectivity index (χ1n) is 6.41. The highest BCUT2D eigenvalue weighted by Gasteiger charge is 2.17. The molecule has 0 radical (unpaired) electrons. The molecule has 23 heavy (non-hydrogen) atoms. The largest absolute Gasteiger partial charge is 0.481 e. The average Bonchev–Trinajstić information content (AvgIpc) is 2.53. The smallest absolute Gasteiger partial charge is 0.307 e. The van der Waals surface area contributed by atoms with Gasteiger partial charge in [-0.15, -0.1) is 0 Å². The van der Waals surface area contributed by atoms with Crippen LogP contribution in [0.15, 0.2) is 34.8 Å². The molecule has 0 aliphatic rings. The van der Waals surface area contributed by atoms with E-state index in [1.165, 1.54) is 18.2 Å². The number of carbonyl (C=O) groups is 1. The maximum atomic E-state index is 14.5. The number of aliphatic carboxylic acids is 1. The third-order valence-electron chi connectivity index (χ3n) is 2.94. The van der Waals surface area contributed by atoms with E-state index in [9.17, 15) is 9.18 Å². The Hall–Kier alpha value is -1.66. The van der Waals surface area contributed by atoms with E-state index in [-0.39, 0.29) is 11.3 Å². The van der Waals surface area contributed by atoms with Gasteiger partial charge in [-0.2, -0.15) is 5.26 Å². The number of hydrogen-bond acceptors (Lipinski definition) is 3. The summed E-state index contributed by atoms with van der Waals surface area (Å²) in [6, 6.07) is 9.90. The highest BCUT2D eigenvalue weighted by molar-refractivity contribution is 14.1. The molecule has 0 bridgehead atoms. The molecule has 0 saturated carbocycles. The second-order valence-corrected chi connectivity index (χ2v) is 6.25. The minimum absolute atomic E-state index is 0.0289. The van der Waals surface area contributed by atoms with Crippen molar-refractivity contribution in [1.29, 1.82) is 5.26 Å². The van der Waals surface area contributed by atoms with Gasteiger partial charge in [0.05, 0.1) is 22.5 Å². The second-order valence-electron chi connectivity index (χ2n) is 4.63. The molecule has 7 heteroatoms. The van der Waals surface area contributed by atoms with Crippen molar-refractivity contribution in [2.75, 3.05) is 0 Å². The number of halogens is 3. The minimum atomic E-state index is -1.13. The predicted molar refractivity (Wildman–Crippen MR) is 94.4 cm³/mol. The summed E-state index contributed by atoms with van der Waals surface area (Å²) in [5.74, 6) is -1.64. The Morgan fingerprint density at radius 1 is 1.39 bits per heavy atom. The summed E-state index contributed by atoms with van der Waals surface area (Å²) in [4.78, 5) is 10.8. The fourth-order valence-corrected chi connectivity index (χ4v) is 2.77. The lowest BCUT2D eigenvalue weighted by Crippen LogP contribution is -2.04. The Bertz CT molecular complexity index is 805. The summed E-state index contributed by atoms with van der Waals surface area (Å²) in [5.41, 5.74) is 1.31. The monoisotopic (exact) mass is 489 g/mol. The van der Waals surface area contributed by atoms with E-state index in [0.717, 1.165) is 5.56 Å². The van der Waals surface area contributed by atoms with Crippen LogP contribution in [0.3, 0.4) is 0 Å². The van der Waals surface area contributed by atoms with E-state index in [4.69, 9.17) is 15.1 Å². The zero-order valence-corrected chi connectivity index (χ0v) is 15.4. The van der Waals surface area contributed by atoms with Crippen LogP contribution < -0.4 is 4.74 Å². The van der Waals surface area contributed by atoms with Crippen molar-refractivity contribution in [2.45, 2.75) is 10.8 Å². The van der Waals surface area contributed by atoms with Crippen LogP contribution in [0.2, 0.25) is 0 Å². The lowest BCUT2D eigenvalue weighted by atomic mass is 10.1. The molecule has 2 rings (SSSR count). The molecule has 0 aromatic heterocycles. The van der Waals surface area contributed by atoms with Crippen LogP contribution in [-0.2, 0) is 15.6 Å². The lowest BCUT2D eigenvalue weighted by molar-refractivity contribution is -0.136. The van der Waals surface area contributed by atoms with Gasteiger partial charge in [0.1, 0.15) is 5.75 Å². The van der Waals surface area contributed by atoms with Crippen molar-refractivity contribution in [3.63, 3.8) is 0 Å². The van der Waals surface area contributed by atoms with Gasteiger partial charge in [0.2, 0.25) is 0 Å². The molecule has 0 aliphatic carbocycles. The van der Waals surface area contributed by atoms with Gasteiger partial charge in [-0.25, -0.2) is 4.39 Å². The Kier molecular flexibility index (Phi) is 5.96. The zero-order chi connectivity index (χ0) is 17.0. The van der Waals surface area contributed by atoms with Crippen LogP contribution in [0.4, 0.5) is 4.39 Å². The van der Waals surface area contributed by atoms with E-state index >= 15 is 0 Å².